The molecular formula is C21H32N2O5S. The van der Waals surface area contributed by atoms with Crippen molar-refractivity contribution in [1.82, 2.24) is 9.62 Å². The molecule has 1 aromatic carbocycles. The van der Waals surface area contributed by atoms with Crippen LogP contribution in [-0.4, -0.2) is 61.2 Å². The van der Waals surface area contributed by atoms with E-state index in [0.29, 0.717) is 31.5 Å². The van der Waals surface area contributed by atoms with Crippen molar-refractivity contribution in [2.45, 2.75) is 75.1 Å². The largest absolute Gasteiger partial charge is 0.388 e. The summed E-state index contributed by atoms with van der Waals surface area (Å²) < 4.78 is 32.9. The first-order valence-corrected chi connectivity index (χ1v) is 11.9. The van der Waals surface area contributed by atoms with Gasteiger partial charge >= 0.3 is 0 Å². The second-order valence-electron chi connectivity index (χ2n) is 8.42. The van der Waals surface area contributed by atoms with Gasteiger partial charge in [0.25, 0.3) is 5.91 Å². The molecule has 1 aliphatic carbocycles. The van der Waals surface area contributed by atoms with Crippen LogP contribution in [0.5, 0.6) is 0 Å². The predicted molar refractivity (Wildman–Crippen MR) is 110 cm³/mol. The Labute approximate surface area is 173 Å². The van der Waals surface area contributed by atoms with Gasteiger partial charge in [-0.3, -0.25) is 4.79 Å². The molecule has 2 N–H and O–H groups in total. The van der Waals surface area contributed by atoms with E-state index in [2.05, 4.69) is 5.32 Å². The van der Waals surface area contributed by atoms with Crippen molar-refractivity contribution in [3.8, 4) is 0 Å². The molecule has 162 valence electrons. The summed E-state index contributed by atoms with van der Waals surface area (Å²) in [5.41, 5.74) is -0.469. The Morgan fingerprint density at radius 2 is 1.66 bits per heavy atom. The second kappa shape index (κ2) is 9.12. The first-order chi connectivity index (χ1) is 13.7. The minimum atomic E-state index is -3.63. The van der Waals surface area contributed by atoms with E-state index in [1.807, 2.05) is 13.8 Å². The maximum atomic E-state index is 12.9. The molecule has 2 atom stereocenters. The fourth-order valence-electron chi connectivity index (χ4n) is 4.16. The van der Waals surface area contributed by atoms with Gasteiger partial charge in [0.1, 0.15) is 0 Å². The SMILES string of the molecule is C[C@H]1CN(S(=O)(=O)c2ccc(C(=O)NCC3(O)CCCCCC3)cc2)C[C@H](C)O1. The lowest BCUT2D eigenvalue weighted by atomic mass is 9.94. The van der Waals surface area contributed by atoms with Crippen LogP contribution in [0.25, 0.3) is 0 Å². The normalized spacial score (nSPS) is 25.9. The Morgan fingerprint density at radius 3 is 2.21 bits per heavy atom. The Morgan fingerprint density at radius 1 is 1.10 bits per heavy atom. The van der Waals surface area contributed by atoms with Crippen LogP contribution in [0.1, 0.15) is 62.7 Å². The summed E-state index contributed by atoms with van der Waals surface area (Å²) in [4.78, 5) is 12.6. The van der Waals surface area contributed by atoms with Gasteiger partial charge in [-0.2, -0.15) is 4.31 Å². The molecule has 0 radical (unpaired) electrons. The monoisotopic (exact) mass is 424 g/mol. The number of sulfonamides is 1. The summed E-state index contributed by atoms with van der Waals surface area (Å²) in [6.45, 7) is 4.55. The topological polar surface area (TPSA) is 95.9 Å². The molecule has 2 aliphatic rings. The molecule has 1 aromatic rings. The van der Waals surface area contributed by atoms with Crippen LogP contribution in [0.3, 0.4) is 0 Å². The number of morpholine rings is 1. The predicted octanol–water partition coefficient (Wildman–Crippen LogP) is 2.30. The summed E-state index contributed by atoms with van der Waals surface area (Å²) in [5.74, 6) is -0.305. The van der Waals surface area contributed by atoms with Crippen LogP contribution in [0.15, 0.2) is 29.2 Å². The van der Waals surface area contributed by atoms with Gasteiger partial charge in [-0.1, -0.05) is 25.7 Å². The van der Waals surface area contributed by atoms with Crippen molar-refractivity contribution in [2.24, 2.45) is 0 Å². The fraction of sp³-hybridized carbons (Fsp3) is 0.667. The fourth-order valence-corrected chi connectivity index (χ4v) is 5.76. The number of aliphatic hydroxyl groups is 1. The number of carbonyl (C=O) groups is 1. The van der Waals surface area contributed by atoms with Gasteiger partial charge in [0, 0.05) is 25.2 Å². The van der Waals surface area contributed by atoms with Gasteiger partial charge in [-0.25, -0.2) is 8.42 Å². The molecule has 0 aromatic heterocycles. The number of hydrogen-bond donors (Lipinski definition) is 2. The highest BCUT2D eigenvalue weighted by molar-refractivity contribution is 7.89. The van der Waals surface area contributed by atoms with E-state index in [-0.39, 0.29) is 29.6 Å². The van der Waals surface area contributed by atoms with Gasteiger partial charge in [-0.05, 0) is 51.0 Å². The van der Waals surface area contributed by atoms with Gasteiger partial charge in [-0.15, -0.1) is 0 Å². The van der Waals surface area contributed by atoms with E-state index < -0.39 is 15.6 Å². The van der Waals surface area contributed by atoms with Crippen LogP contribution in [-0.2, 0) is 14.8 Å². The van der Waals surface area contributed by atoms with E-state index >= 15 is 0 Å². The van der Waals surface area contributed by atoms with E-state index in [1.54, 1.807) is 0 Å². The average Bonchev–Trinajstić information content (AvgIpc) is 2.90. The van der Waals surface area contributed by atoms with Crippen LogP contribution >= 0.6 is 0 Å². The molecule has 1 amide bonds. The lowest BCUT2D eigenvalue weighted by Crippen LogP contribution is -2.48. The third kappa shape index (κ3) is 5.57. The van der Waals surface area contributed by atoms with E-state index in [9.17, 15) is 18.3 Å². The third-order valence-electron chi connectivity index (χ3n) is 5.75. The van der Waals surface area contributed by atoms with Crippen molar-refractivity contribution in [2.75, 3.05) is 19.6 Å². The molecule has 29 heavy (non-hydrogen) atoms. The first kappa shape index (κ1) is 22.2. The second-order valence-corrected chi connectivity index (χ2v) is 10.4. The molecule has 2 fully saturated rings. The Kier molecular flexibility index (Phi) is 6.98. The van der Waals surface area contributed by atoms with E-state index in [4.69, 9.17) is 4.74 Å². The maximum absolute atomic E-state index is 12.9. The number of ether oxygens (including phenoxy) is 1. The number of rotatable bonds is 5. The molecular weight excluding hydrogens is 392 g/mol. The van der Waals surface area contributed by atoms with Crippen LogP contribution in [0, 0.1) is 0 Å². The lowest BCUT2D eigenvalue weighted by Gasteiger charge is -2.34. The minimum Gasteiger partial charge on any atom is -0.388 e. The van der Waals surface area contributed by atoms with Crippen LogP contribution in [0.4, 0.5) is 0 Å². The quantitative estimate of drug-likeness (QED) is 0.707. The van der Waals surface area contributed by atoms with Gasteiger partial charge in [0.2, 0.25) is 10.0 Å². The summed E-state index contributed by atoms with van der Waals surface area (Å²) >= 11 is 0. The molecule has 7 nitrogen and oxygen atoms in total. The zero-order chi connectivity index (χ0) is 21.1. The zero-order valence-electron chi connectivity index (χ0n) is 17.3. The number of benzene rings is 1. The van der Waals surface area contributed by atoms with Crippen LogP contribution in [0.2, 0.25) is 0 Å². The van der Waals surface area contributed by atoms with Gasteiger partial charge in [0.15, 0.2) is 0 Å². The summed E-state index contributed by atoms with van der Waals surface area (Å²) in [6, 6.07) is 5.98. The summed E-state index contributed by atoms with van der Waals surface area (Å²) in [7, 11) is -3.63. The third-order valence-corrected chi connectivity index (χ3v) is 7.60. The van der Waals surface area contributed by atoms with E-state index in [0.717, 1.165) is 25.7 Å². The average molecular weight is 425 g/mol. The Bertz CT molecular complexity index is 791. The first-order valence-electron chi connectivity index (χ1n) is 10.5. The molecule has 3 rings (SSSR count). The number of nitrogens with zero attached hydrogens (tertiary/aromatic N) is 1. The number of carbonyl (C=O) groups excluding carboxylic acids is 1. The highest BCUT2D eigenvalue weighted by atomic mass is 32.2. The number of amides is 1. The number of hydrogen-bond acceptors (Lipinski definition) is 5. The molecule has 0 spiro atoms. The molecule has 1 heterocycles. The zero-order valence-corrected chi connectivity index (χ0v) is 18.1. The highest BCUT2D eigenvalue weighted by Crippen LogP contribution is 2.26. The molecule has 1 saturated carbocycles. The molecule has 0 bridgehead atoms. The standard InChI is InChI=1S/C21H32N2O5S/c1-16-13-23(14-17(2)28-16)29(26,27)19-9-7-18(8-10-19)20(24)22-15-21(25)11-5-3-4-6-12-21/h7-10,16-17,25H,3-6,11-15H2,1-2H3,(H,22,24)/t16-,17-/m0/s1. The molecule has 1 saturated heterocycles. The maximum Gasteiger partial charge on any atom is 0.251 e. The Balaban J connectivity index is 1.64. The van der Waals surface area contributed by atoms with Gasteiger partial charge in [0.05, 0.1) is 22.7 Å². The lowest BCUT2D eigenvalue weighted by molar-refractivity contribution is -0.0440. The summed E-state index contributed by atoms with van der Waals surface area (Å²) in [5, 5.41) is 13.5. The van der Waals surface area contributed by atoms with Crippen molar-refractivity contribution in [3.05, 3.63) is 29.8 Å². The molecule has 1 aliphatic heterocycles. The van der Waals surface area contributed by atoms with Gasteiger partial charge < -0.3 is 15.2 Å². The minimum absolute atomic E-state index is 0.159. The van der Waals surface area contributed by atoms with Crippen molar-refractivity contribution in [1.29, 1.82) is 0 Å². The van der Waals surface area contributed by atoms with Crippen molar-refractivity contribution < 1.29 is 23.1 Å². The Hall–Kier alpha value is -1.48. The van der Waals surface area contributed by atoms with Crippen LogP contribution < -0.4 is 5.32 Å². The highest BCUT2D eigenvalue weighted by Gasteiger charge is 2.32. The van der Waals surface area contributed by atoms with E-state index in [1.165, 1.54) is 28.6 Å². The summed E-state index contributed by atoms with van der Waals surface area (Å²) in [6.07, 6.45) is 5.25. The smallest absolute Gasteiger partial charge is 0.251 e. The molecule has 8 heteroatoms. The molecule has 0 unspecified atom stereocenters. The number of nitrogens with one attached hydrogen (secondary N) is 1. The van der Waals surface area contributed by atoms with Crippen molar-refractivity contribution in [3.63, 3.8) is 0 Å². The van der Waals surface area contributed by atoms with Crippen molar-refractivity contribution >= 4 is 15.9 Å².